The van der Waals surface area contributed by atoms with Crippen LogP contribution in [0.4, 0.5) is 17.2 Å². The molecule has 0 amide bonds. The van der Waals surface area contributed by atoms with Crippen LogP contribution in [0.5, 0.6) is 0 Å². The summed E-state index contributed by atoms with van der Waals surface area (Å²) in [5, 5.41) is 3.45. The largest absolute Gasteiger partial charge is 0.399 e. The van der Waals surface area contributed by atoms with Gasteiger partial charge in [0, 0.05) is 23.1 Å². The maximum absolute atomic E-state index is 5.91. The fourth-order valence-corrected chi connectivity index (χ4v) is 2.84. The molecule has 25 heavy (non-hydrogen) atoms. The van der Waals surface area contributed by atoms with Gasteiger partial charge in [-0.05, 0) is 49.2 Å². The van der Waals surface area contributed by atoms with E-state index in [1.165, 1.54) is 5.56 Å². The Bertz CT molecular complexity index is 1060. The molecule has 4 rings (SSSR count). The van der Waals surface area contributed by atoms with E-state index in [0.717, 1.165) is 33.7 Å². The van der Waals surface area contributed by atoms with Crippen LogP contribution in [-0.4, -0.2) is 15.0 Å². The minimum Gasteiger partial charge on any atom is -0.399 e. The van der Waals surface area contributed by atoms with Gasteiger partial charge in [-0.15, -0.1) is 0 Å². The molecule has 2 aromatic heterocycles. The number of aromatic nitrogens is 3. The summed E-state index contributed by atoms with van der Waals surface area (Å²) in [6.07, 6.45) is 1.87. The number of aromatic amines is 1. The smallest absolute Gasteiger partial charge is 0.162 e. The van der Waals surface area contributed by atoms with E-state index in [2.05, 4.69) is 47.3 Å². The van der Waals surface area contributed by atoms with Gasteiger partial charge in [-0.1, -0.05) is 24.3 Å². The molecule has 0 aliphatic rings. The van der Waals surface area contributed by atoms with Crippen molar-refractivity contribution in [1.82, 2.24) is 15.0 Å². The van der Waals surface area contributed by atoms with Crippen molar-refractivity contribution in [1.29, 1.82) is 0 Å². The van der Waals surface area contributed by atoms with E-state index in [1.807, 2.05) is 36.5 Å². The summed E-state index contributed by atoms with van der Waals surface area (Å²) in [5.41, 5.74) is 12.6. The molecule has 0 aliphatic heterocycles. The van der Waals surface area contributed by atoms with Crippen molar-refractivity contribution in [3.8, 4) is 11.4 Å². The van der Waals surface area contributed by atoms with Crippen LogP contribution in [0.15, 0.2) is 54.7 Å². The van der Waals surface area contributed by atoms with E-state index in [9.17, 15) is 0 Å². The third-order valence-electron chi connectivity index (χ3n) is 4.20. The number of nitrogens with zero attached hydrogens (tertiary/aromatic N) is 2. The van der Waals surface area contributed by atoms with Gasteiger partial charge < -0.3 is 16.0 Å². The van der Waals surface area contributed by atoms with Crippen molar-refractivity contribution >= 4 is 28.2 Å². The summed E-state index contributed by atoms with van der Waals surface area (Å²) < 4.78 is 0. The minimum atomic E-state index is 0.646. The zero-order valence-corrected chi connectivity index (χ0v) is 14.2. The number of nitrogen functional groups attached to an aromatic ring is 1. The molecule has 0 fully saturated rings. The number of nitrogens with two attached hydrogens (primary N) is 1. The van der Waals surface area contributed by atoms with Crippen LogP contribution in [0.1, 0.15) is 11.1 Å². The molecule has 4 aromatic rings. The highest BCUT2D eigenvalue weighted by molar-refractivity contribution is 5.89. The number of H-pyrrole nitrogens is 1. The van der Waals surface area contributed by atoms with Crippen LogP contribution in [0.25, 0.3) is 22.4 Å². The molecule has 2 heterocycles. The molecule has 5 nitrogen and oxygen atoms in total. The first-order valence-electron chi connectivity index (χ1n) is 8.15. The number of hydrogen-bond acceptors (Lipinski definition) is 4. The van der Waals surface area contributed by atoms with Crippen molar-refractivity contribution in [3.63, 3.8) is 0 Å². The third kappa shape index (κ3) is 2.92. The molecule has 0 spiro atoms. The predicted molar refractivity (Wildman–Crippen MR) is 103 cm³/mol. The minimum absolute atomic E-state index is 0.646. The maximum atomic E-state index is 5.91. The third-order valence-corrected chi connectivity index (χ3v) is 4.20. The number of anilines is 3. The first-order chi connectivity index (χ1) is 12.1. The van der Waals surface area contributed by atoms with E-state index in [-0.39, 0.29) is 0 Å². The fourth-order valence-electron chi connectivity index (χ4n) is 2.84. The lowest BCUT2D eigenvalue weighted by molar-refractivity contribution is 1.21. The second-order valence-corrected chi connectivity index (χ2v) is 6.20. The van der Waals surface area contributed by atoms with E-state index in [4.69, 9.17) is 10.7 Å². The molecule has 0 saturated carbocycles. The van der Waals surface area contributed by atoms with E-state index >= 15 is 0 Å². The zero-order valence-electron chi connectivity index (χ0n) is 14.2. The molecule has 0 bridgehead atoms. The second-order valence-electron chi connectivity index (χ2n) is 6.20. The molecular formula is C20H19N5. The van der Waals surface area contributed by atoms with Gasteiger partial charge in [0.2, 0.25) is 0 Å². The quantitative estimate of drug-likeness (QED) is 0.481. The van der Waals surface area contributed by atoms with Crippen molar-refractivity contribution in [2.24, 2.45) is 0 Å². The molecule has 4 N–H and O–H groups in total. The van der Waals surface area contributed by atoms with E-state index in [0.29, 0.717) is 11.5 Å². The number of rotatable bonds is 3. The van der Waals surface area contributed by atoms with Crippen LogP contribution in [0, 0.1) is 13.8 Å². The summed E-state index contributed by atoms with van der Waals surface area (Å²) in [4.78, 5) is 12.6. The number of nitrogens with one attached hydrogen (secondary N) is 2. The second kappa shape index (κ2) is 5.94. The van der Waals surface area contributed by atoms with Crippen LogP contribution in [0.2, 0.25) is 0 Å². The van der Waals surface area contributed by atoms with Gasteiger partial charge in [-0.25, -0.2) is 9.97 Å². The molecular weight excluding hydrogens is 310 g/mol. The maximum Gasteiger partial charge on any atom is 0.162 e. The highest BCUT2D eigenvalue weighted by atomic mass is 15.1. The van der Waals surface area contributed by atoms with Crippen molar-refractivity contribution in [2.75, 3.05) is 11.1 Å². The first-order valence-corrected chi connectivity index (χ1v) is 8.15. The molecule has 5 heteroatoms. The molecule has 0 aliphatic carbocycles. The van der Waals surface area contributed by atoms with Gasteiger partial charge >= 0.3 is 0 Å². The normalized spacial score (nSPS) is 11.0. The highest BCUT2D eigenvalue weighted by Crippen LogP contribution is 2.28. The van der Waals surface area contributed by atoms with Gasteiger partial charge in [0.05, 0.1) is 5.52 Å². The van der Waals surface area contributed by atoms with Gasteiger partial charge in [0.1, 0.15) is 5.52 Å². The van der Waals surface area contributed by atoms with Gasteiger partial charge in [0.15, 0.2) is 11.6 Å². The Morgan fingerprint density at radius 3 is 2.72 bits per heavy atom. The summed E-state index contributed by atoms with van der Waals surface area (Å²) in [6, 6.07) is 15.9. The Morgan fingerprint density at radius 1 is 1.00 bits per heavy atom. The van der Waals surface area contributed by atoms with Crippen LogP contribution < -0.4 is 11.1 Å². The Morgan fingerprint density at radius 2 is 1.88 bits per heavy atom. The lowest BCUT2D eigenvalue weighted by atomic mass is 10.1. The van der Waals surface area contributed by atoms with Crippen molar-refractivity contribution in [2.45, 2.75) is 13.8 Å². The van der Waals surface area contributed by atoms with Gasteiger partial charge in [-0.2, -0.15) is 0 Å². The molecule has 0 saturated heterocycles. The molecule has 0 atom stereocenters. The van der Waals surface area contributed by atoms with E-state index < -0.39 is 0 Å². The monoisotopic (exact) mass is 329 g/mol. The molecule has 2 aromatic carbocycles. The Kier molecular flexibility index (Phi) is 3.61. The topological polar surface area (TPSA) is 79.6 Å². The Balaban J connectivity index is 1.85. The first kappa shape index (κ1) is 15.2. The predicted octanol–water partition coefficient (Wildman–Crippen LogP) is 4.57. The number of aryl methyl sites for hydroxylation is 2. The van der Waals surface area contributed by atoms with E-state index in [1.54, 1.807) is 0 Å². The average Bonchev–Trinajstić information content (AvgIpc) is 3.07. The fraction of sp³-hybridized carbons (Fsp3) is 0.100. The molecule has 0 radical (unpaired) electrons. The summed E-state index contributed by atoms with van der Waals surface area (Å²) in [5.74, 6) is 1.40. The van der Waals surface area contributed by atoms with Crippen LogP contribution in [-0.2, 0) is 0 Å². The number of hydrogen-bond donors (Lipinski definition) is 3. The number of fused-ring (bicyclic) bond motifs is 1. The van der Waals surface area contributed by atoms with Crippen molar-refractivity contribution in [3.05, 3.63) is 65.9 Å². The van der Waals surface area contributed by atoms with Crippen molar-refractivity contribution < 1.29 is 0 Å². The zero-order chi connectivity index (χ0) is 17.4. The molecule has 0 unspecified atom stereocenters. The highest BCUT2D eigenvalue weighted by Gasteiger charge is 2.12. The van der Waals surface area contributed by atoms with Gasteiger partial charge in [0.25, 0.3) is 0 Å². The lowest BCUT2D eigenvalue weighted by Crippen LogP contribution is -2.00. The number of benzene rings is 2. The molecule has 124 valence electrons. The SMILES string of the molecule is Cc1ccc(C)c(Nc2nc(-c3cccc(N)c3)nc3cc[nH]c23)c1. The van der Waals surface area contributed by atoms with Gasteiger partial charge in [-0.3, -0.25) is 0 Å². The lowest BCUT2D eigenvalue weighted by Gasteiger charge is -2.12. The summed E-state index contributed by atoms with van der Waals surface area (Å²) in [7, 11) is 0. The Hall–Kier alpha value is -3.34. The standard InChI is InChI=1S/C20H19N5/c1-12-6-7-13(2)17(10-12)24-20-18-16(8-9-22-18)23-19(25-20)14-4-3-5-15(21)11-14/h3-11,22H,21H2,1-2H3,(H,23,24,25). The van der Waals surface area contributed by atoms with Crippen LogP contribution in [0.3, 0.4) is 0 Å². The Labute approximate surface area is 145 Å². The van der Waals surface area contributed by atoms with Crippen LogP contribution >= 0.6 is 0 Å². The average molecular weight is 329 g/mol. The summed E-state index contributed by atoms with van der Waals surface area (Å²) in [6.45, 7) is 4.15. The summed E-state index contributed by atoms with van der Waals surface area (Å²) >= 11 is 0.